The number of rotatable bonds is 26. The van der Waals surface area contributed by atoms with Crippen LogP contribution in [0.1, 0.15) is 140 Å². The number of hydrogen-bond acceptors (Lipinski definition) is 24. The number of nitrogens with zero attached hydrogens (tertiary/aromatic N) is 6. The maximum absolute atomic E-state index is 15.5. The standard InChI is InChI=1S/C71H104N20O19S2/c1-37(92)62-58(98)30-43(31-61(101)102)67(107)91-22-8-15-52(91)57(97)27-39(9-4-18-79-69(74)75)64(104)86-51-36-112-111-35-50(83-60(100)32-72)56(96)29-42(66(106)87-62)23-45-34-90(89-88-45)21-7-14-48(53(93)28-41(68(108)109)11-6-19-80-70(76)77)84-65(105)40(16-17-59(73)99)26-54(94)49(24-44-33-82-47-13-3-2-12-46(44)47)85-63(103)38(25-55(51)95)10-5-20-81-71(78)110/h2-3,12-13,33-34,37-43,48-52,62,82,92H,4-11,14-32,35-36,72H2,1H3,(H2,73,99)(H,83,100)(H,84,105)(H,85,103)(H,86,104)(H,87,106)(H,101,102)(H,108,109)(H4,74,75,79)(H4,76,77,80)(H3,78,81,110)/t37-,38-,39-,40-,41+,42-,43+,48+,49+,50+,51+,52+,62+/m1/s1. The number of benzene rings is 1. The molecule has 9 amide bonds. The molecule has 6 rings (SSSR count). The van der Waals surface area contributed by atoms with Crippen molar-refractivity contribution in [3.05, 3.63) is 47.9 Å². The van der Waals surface area contributed by atoms with Gasteiger partial charge in [-0.05, 0) is 89.2 Å². The van der Waals surface area contributed by atoms with Crippen molar-refractivity contribution in [2.45, 2.75) is 191 Å². The number of para-hydroxylation sites is 1. The van der Waals surface area contributed by atoms with Crippen molar-refractivity contribution in [2.75, 3.05) is 44.2 Å². The zero-order valence-electron chi connectivity index (χ0n) is 62.4. The number of primary amides is 2. The van der Waals surface area contributed by atoms with E-state index in [-0.39, 0.29) is 139 Å². The highest BCUT2D eigenvalue weighted by atomic mass is 33.1. The average molecular weight is 1610 g/mol. The Labute approximate surface area is 652 Å². The highest BCUT2D eigenvalue weighted by molar-refractivity contribution is 8.76. The smallest absolute Gasteiger partial charge is 0.312 e. The van der Waals surface area contributed by atoms with Gasteiger partial charge >= 0.3 is 18.0 Å². The van der Waals surface area contributed by atoms with Crippen LogP contribution in [0.15, 0.2) is 46.6 Å². The molecular weight excluding hydrogens is 1500 g/mol. The molecule has 2 fully saturated rings. The molecule has 3 aromatic rings. The molecular formula is C71H104N20O19S2. The molecule has 2 saturated heterocycles. The number of amides is 9. The summed E-state index contributed by atoms with van der Waals surface area (Å²) < 4.78 is 1.28. The summed E-state index contributed by atoms with van der Waals surface area (Å²) in [6.45, 7) is 0.110. The molecule has 0 radical (unpaired) electrons. The van der Waals surface area contributed by atoms with Gasteiger partial charge in [0.1, 0.15) is 6.04 Å². The lowest BCUT2D eigenvalue weighted by atomic mass is 9.88. The predicted molar refractivity (Wildman–Crippen MR) is 409 cm³/mol. The number of aliphatic hydroxyl groups excluding tert-OH is 1. The van der Waals surface area contributed by atoms with E-state index in [2.05, 4.69) is 57.2 Å². The average Bonchev–Trinajstić information content (AvgIpc) is 1.63. The van der Waals surface area contributed by atoms with Gasteiger partial charge in [0, 0.05) is 143 Å². The van der Waals surface area contributed by atoms with E-state index in [1.54, 1.807) is 30.5 Å². The number of aliphatic hydroxyl groups is 1. The fraction of sp³-hybridized carbons (Fsp3) is 0.606. The first kappa shape index (κ1) is 90.5. The minimum absolute atomic E-state index is 0.0100. The molecule has 24 N–H and O–H groups in total. The Balaban J connectivity index is 1.57. The number of aromatic amines is 1. The molecule has 39 nitrogen and oxygen atoms in total. The lowest BCUT2D eigenvalue weighted by Gasteiger charge is -2.30. The number of hydrogen-bond donors (Lipinski definition) is 17. The molecule has 1 aromatic carbocycles. The SMILES string of the molecule is C[C@@H](O)[C@@H]1NC(=O)[C@H]2CC(=O)[C@@H](NC(=O)CN)CSSC[C@H](NC(=O)[C@H](CCCN=C(N)N)CC(=O)[C@@H]3CCCN3C(=O)[C@H](CC(=O)O)CC1=O)C(=O)C[C@@H](CCCNC(N)=O)C(=O)N[C@@H](Cc1c[nH]c3ccccc13)C(=O)C[C@@H](CCC(N)=O)C(=O)N[C@H](C(=O)C[C@H](CCCN=C(N)N)C(=O)O)CCCn1cc(nn1)C2. The number of fused-ring (bicyclic) bond motifs is 12. The van der Waals surface area contributed by atoms with E-state index in [1.807, 2.05) is 0 Å². The fourth-order valence-electron chi connectivity index (χ4n) is 13.7. The number of Topliss-reactive ketones (excluding diaryl/α,β-unsaturated/α-hetero) is 6. The topological polar surface area (TPSA) is 663 Å². The van der Waals surface area contributed by atoms with Crippen LogP contribution in [0.4, 0.5) is 4.79 Å². The normalized spacial score (nSPS) is 24.2. The van der Waals surface area contributed by atoms with Crippen LogP contribution in [0.3, 0.4) is 0 Å². The van der Waals surface area contributed by atoms with Crippen LogP contribution >= 0.6 is 21.6 Å². The Hall–Kier alpha value is -10.4. The Morgan fingerprint density at radius 2 is 1.32 bits per heavy atom. The number of aryl methyl sites for hydroxylation is 1. The summed E-state index contributed by atoms with van der Waals surface area (Å²) in [7, 11) is 1.83. The fourth-order valence-corrected chi connectivity index (χ4v) is 16.1. The van der Waals surface area contributed by atoms with E-state index >= 15 is 19.2 Å². The number of nitrogens with two attached hydrogens (primary N) is 7. The number of carbonyl (C=O) groups excluding carboxylic acids is 14. The summed E-state index contributed by atoms with van der Waals surface area (Å²) in [5.74, 6) is -24.4. The van der Waals surface area contributed by atoms with E-state index in [1.165, 1.54) is 10.9 Å². The predicted octanol–water partition coefficient (Wildman–Crippen LogP) is -2.68. The highest BCUT2D eigenvalue weighted by Crippen LogP contribution is 2.31. The lowest BCUT2D eigenvalue weighted by Crippen LogP contribution is -2.52. The first-order chi connectivity index (χ1) is 53.2. The first-order valence-corrected chi connectivity index (χ1v) is 39.6. The molecule has 614 valence electrons. The summed E-state index contributed by atoms with van der Waals surface area (Å²) in [6.07, 6.45) is -6.02. The van der Waals surface area contributed by atoms with Crippen LogP contribution in [0.5, 0.6) is 0 Å². The number of H-pyrrole nitrogens is 1. The number of carbonyl (C=O) groups is 16. The van der Waals surface area contributed by atoms with Crippen molar-refractivity contribution >= 4 is 138 Å². The third kappa shape index (κ3) is 29.4. The third-order valence-corrected chi connectivity index (χ3v) is 22.1. The number of urea groups is 1. The number of carboxylic acid groups (broad SMARTS) is 2. The van der Waals surface area contributed by atoms with Crippen molar-refractivity contribution in [2.24, 2.45) is 85.6 Å². The molecule has 0 unspecified atom stereocenters. The molecule has 112 heavy (non-hydrogen) atoms. The Morgan fingerprint density at radius 1 is 0.688 bits per heavy atom. The van der Waals surface area contributed by atoms with Gasteiger partial charge < -0.3 is 97.2 Å². The van der Waals surface area contributed by atoms with E-state index in [0.29, 0.717) is 16.5 Å². The summed E-state index contributed by atoms with van der Waals surface area (Å²) in [5.41, 5.74) is 40.3. The molecule has 0 saturated carbocycles. The number of carboxylic acids is 2. The Morgan fingerprint density at radius 3 is 1.99 bits per heavy atom. The number of ketones is 6. The van der Waals surface area contributed by atoms with Crippen molar-refractivity contribution in [3.8, 4) is 0 Å². The summed E-state index contributed by atoms with van der Waals surface area (Å²) in [4.78, 5) is 240. The zero-order chi connectivity index (χ0) is 82.3. The molecule has 5 heterocycles. The summed E-state index contributed by atoms with van der Waals surface area (Å²) >= 11 is 0. The van der Waals surface area contributed by atoms with Crippen LogP contribution in [-0.4, -0.2) is 233 Å². The molecule has 3 aliphatic heterocycles. The molecule has 13 atom stereocenters. The van der Waals surface area contributed by atoms with Crippen LogP contribution in [0.2, 0.25) is 0 Å². The molecule has 41 heteroatoms. The monoisotopic (exact) mass is 1600 g/mol. The molecule has 4 bridgehead atoms. The quantitative estimate of drug-likeness (QED) is 0.0169. The number of aromatic nitrogens is 4. The maximum Gasteiger partial charge on any atom is 0.312 e. The molecule has 0 spiro atoms. The second kappa shape index (κ2) is 45.2. The van der Waals surface area contributed by atoms with E-state index in [4.69, 9.17) is 40.1 Å². The van der Waals surface area contributed by atoms with E-state index in [9.17, 15) is 72.9 Å². The van der Waals surface area contributed by atoms with Crippen LogP contribution in [0.25, 0.3) is 10.9 Å². The zero-order valence-corrected chi connectivity index (χ0v) is 64.0. The highest BCUT2D eigenvalue weighted by Gasteiger charge is 2.43. The minimum Gasteiger partial charge on any atom is -0.481 e. The van der Waals surface area contributed by atoms with Gasteiger partial charge in [-0.2, -0.15) is 0 Å². The first-order valence-electron chi connectivity index (χ1n) is 37.1. The molecule has 3 aliphatic rings. The molecule has 2 aromatic heterocycles. The van der Waals surface area contributed by atoms with Crippen LogP contribution in [-0.2, 0) is 91.3 Å². The van der Waals surface area contributed by atoms with Crippen molar-refractivity contribution in [1.82, 2.24) is 56.8 Å². The number of nitrogens with one attached hydrogen (secondary N) is 7. The number of aliphatic imine (C=N–C) groups is 2. The maximum atomic E-state index is 15.5. The second-order valence-corrected chi connectivity index (χ2v) is 30.9. The number of guanidine groups is 2. The van der Waals surface area contributed by atoms with E-state index < -0.39 is 236 Å². The molecule has 0 aliphatic carbocycles. The Kier molecular flexibility index (Phi) is 36.5. The lowest BCUT2D eigenvalue weighted by molar-refractivity contribution is -0.148. The largest absolute Gasteiger partial charge is 0.481 e. The van der Waals surface area contributed by atoms with Crippen molar-refractivity contribution in [3.63, 3.8) is 0 Å². The third-order valence-electron chi connectivity index (χ3n) is 19.7. The Bertz CT molecular complexity index is 3940. The van der Waals surface area contributed by atoms with Crippen molar-refractivity contribution in [1.29, 1.82) is 0 Å². The second-order valence-electron chi connectivity index (χ2n) is 28.4. The van der Waals surface area contributed by atoms with Gasteiger partial charge in [0.25, 0.3) is 0 Å². The summed E-state index contributed by atoms with van der Waals surface area (Å²) in [6, 6.07) is -3.25. The van der Waals surface area contributed by atoms with Gasteiger partial charge in [0.05, 0.1) is 72.7 Å². The van der Waals surface area contributed by atoms with Gasteiger partial charge in [-0.1, -0.05) is 45.0 Å². The van der Waals surface area contributed by atoms with Gasteiger partial charge in [-0.25, -0.2) is 4.79 Å². The number of aliphatic carboxylic acids is 2. The van der Waals surface area contributed by atoms with Gasteiger partial charge in [0.2, 0.25) is 41.4 Å². The van der Waals surface area contributed by atoms with Crippen LogP contribution in [0, 0.1) is 35.5 Å². The van der Waals surface area contributed by atoms with Gasteiger partial charge in [0.15, 0.2) is 46.6 Å². The van der Waals surface area contributed by atoms with Crippen LogP contribution < -0.4 is 72.0 Å². The summed E-state index contributed by atoms with van der Waals surface area (Å²) in [5, 5.41) is 56.6. The van der Waals surface area contributed by atoms with Gasteiger partial charge in [-0.3, -0.25) is 86.6 Å². The minimum atomic E-state index is -1.87. The van der Waals surface area contributed by atoms with Gasteiger partial charge in [-0.15, -0.1) is 5.10 Å². The van der Waals surface area contributed by atoms with Crippen molar-refractivity contribution < 1.29 is 92.0 Å². The van der Waals surface area contributed by atoms with E-state index in [0.717, 1.165) is 33.4 Å².